The molecule has 2 aliphatic heterocycles. The molecule has 0 bridgehead atoms. The van der Waals surface area contributed by atoms with Gasteiger partial charge in [-0.1, -0.05) is 49.2 Å². The van der Waals surface area contributed by atoms with Crippen LogP contribution in [0.4, 0.5) is 17.1 Å². The summed E-state index contributed by atoms with van der Waals surface area (Å²) in [7, 11) is -4.29. The Bertz CT molecular complexity index is 2450. The van der Waals surface area contributed by atoms with Gasteiger partial charge in [-0.3, -0.25) is 9.69 Å². The van der Waals surface area contributed by atoms with E-state index in [0.29, 0.717) is 29.5 Å². The number of hydrogen-bond acceptors (Lipinski definition) is 10. The maximum absolute atomic E-state index is 13.9. The average molecular weight is 818 g/mol. The van der Waals surface area contributed by atoms with Gasteiger partial charge in [0.05, 0.1) is 28.0 Å². The highest BCUT2D eigenvalue weighted by Crippen LogP contribution is 2.43. The number of rotatable bonds is 12. The quantitative estimate of drug-likeness (QED) is 0.0912. The number of carbonyl (C=O) groups excluding carboxylic acids is 1. The molecule has 3 aromatic carbocycles. The third-order valence-corrected chi connectivity index (χ3v) is 13.4. The molecule has 2 aromatic heterocycles. The number of nitrogens with two attached hydrogens (primary N) is 1. The molecule has 2 fully saturated rings. The minimum atomic E-state index is -4.29. The molecule has 1 amide bonds. The second kappa shape index (κ2) is 17.1. The van der Waals surface area contributed by atoms with Crippen molar-refractivity contribution in [3.63, 3.8) is 0 Å². The predicted octanol–water partition coefficient (Wildman–Crippen LogP) is 7.99. The zero-order chi connectivity index (χ0) is 41.1. The van der Waals surface area contributed by atoms with Gasteiger partial charge in [0.25, 0.3) is 15.9 Å². The summed E-state index contributed by atoms with van der Waals surface area (Å²) >= 11 is 0. The summed E-state index contributed by atoms with van der Waals surface area (Å²) < 4.78 is 41.3. The molecule has 0 atom stereocenters. The molecule has 2 saturated heterocycles. The van der Waals surface area contributed by atoms with Crippen LogP contribution in [0.5, 0.6) is 11.5 Å². The van der Waals surface area contributed by atoms with Crippen LogP contribution in [0.2, 0.25) is 0 Å². The topological polar surface area (TPSA) is 155 Å². The Morgan fingerprint density at radius 2 is 1.78 bits per heavy atom. The molecule has 12 nitrogen and oxygen atoms in total. The van der Waals surface area contributed by atoms with Crippen molar-refractivity contribution >= 4 is 49.6 Å². The molecule has 310 valence electrons. The normalized spacial score (nSPS) is 17.9. The van der Waals surface area contributed by atoms with E-state index in [1.165, 1.54) is 40.8 Å². The molecular weight excluding hydrogens is 763 g/mol. The number of sulfonamides is 1. The third kappa shape index (κ3) is 9.59. The summed E-state index contributed by atoms with van der Waals surface area (Å²) in [4.78, 5) is 26.1. The number of hydrogen-bond donors (Lipinski definition) is 4. The predicted molar refractivity (Wildman–Crippen MR) is 235 cm³/mol. The highest BCUT2D eigenvalue weighted by Gasteiger charge is 2.30. The molecule has 5 N–H and O–H groups in total. The first-order chi connectivity index (χ1) is 28.4. The van der Waals surface area contributed by atoms with Crippen LogP contribution in [0.15, 0.2) is 95.7 Å². The van der Waals surface area contributed by atoms with Gasteiger partial charge in [-0.2, -0.15) is 0 Å². The van der Waals surface area contributed by atoms with Gasteiger partial charge in [0.15, 0.2) is 0 Å². The maximum Gasteiger partial charge on any atom is 0.268 e. The zero-order valence-corrected chi connectivity index (χ0v) is 35.0. The van der Waals surface area contributed by atoms with Gasteiger partial charge in [-0.05, 0) is 104 Å². The van der Waals surface area contributed by atoms with Crippen molar-refractivity contribution in [1.29, 1.82) is 0 Å². The van der Waals surface area contributed by atoms with E-state index < -0.39 is 15.9 Å². The van der Waals surface area contributed by atoms with E-state index in [-0.39, 0.29) is 27.3 Å². The van der Waals surface area contributed by atoms with Crippen LogP contribution in [-0.4, -0.2) is 81.7 Å². The van der Waals surface area contributed by atoms with Crippen LogP contribution >= 0.6 is 0 Å². The molecule has 0 spiro atoms. The van der Waals surface area contributed by atoms with E-state index in [0.717, 1.165) is 82.7 Å². The number of anilines is 3. The van der Waals surface area contributed by atoms with Crippen LogP contribution in [0, 0.1) is 18.3 Å². The molecule has 59 heavy (non-hydrogen) atoms. The van der Waals surface area contributed by atoms with Crippen molar-refractivity contribution in [3.05, 3.63) is 107 Å². The number of aromatic amines is 1. The van der Waals surface area contributed by atoms with E-state index >= 15 is 0 Å². The number of fused-ring (bicyclic) bond motifs is 1. The van der Waals surface area contributed by atoms with Crippen LogP contribution in [0.3, 0.4) is 0 Å². The minimum Gasteiger partial charge on any atom is -0.455 e. The Balaban J connectivity index is 0.986. The van der Waals surface area contributed by atoms with Crippen LogP contribution in [0.25, 0.3) is 16.6 Å². The number of nitrogens with one attached hydrogen (secondary N) is 3. The number of pyridine rings is 1. The van der Waals surface area contributed by atoms with Gasteiger partial charge >= 0.3 is 0 Å². The fourth-order valence-electron chi connectivity index (χ4n) is 8.39. The lowest BCUT2D eigenvalue weighted by atomic mass is 9.72. The van der Waals surface area contributed by atoms with E-state index in [1.54, 1.807) is 24.5 Å². The molecule has 5 aromatic rings. The van der Waals surface area contributed by atoms with Crippen LogP contribution in [-0.2, 0) is 14.8 Å². The highest BCUT2D eigenvalue weighted by molar-refractivity contribution is 7.90. The first kappa shape index (κ1) is 40.4. The molecule has 0 unspecified atom stereocenters. The number of benzene rings is 3. The van der Waals surface area contributed by atoms with Gasteiger partial charge in [0.2, 0.25) is 0 Å². The number of piperazine rings is 1. The first-order valence-corrected chi connectivity index (χ1v) is 22.2. The van der Waals surface area contributed by atoms with Crippen molar-refractivity contribution in [3.8, 4) is 11.5 Å². The zero-order valence-electron chi connectivity index (χ0n) is 34.2. The molecule has 0 saturated carbocycles. The number of ether oxygens (including phenoxy) is 2. The fourth-order valence-corrected chi connectivity index (χ4v) is 9.39. The number of H-pyrrole nitrogens is 1. The number of aryl methyl sites for hydroxylation is 1. The lowest BCUT2D eigenvalue weighted by Gasteiger charge is -2.39. The summed E-state index contributed by atoms with van der Waals surface area (Å²) in [6.07, 6.45) is 8.66. The largest absolute Gasteiger partial charge is 0.455 e. The molecule has 3 aliphatic rings. The van der Waals surface area contributed by atoms with Crippen molar-refractivity contribution in [2.24, 2.45) is 11.3 Å². The minimum absolute atomic E-state index is 0.0728. The number of nitrogen functional groups attached to an aromatic ring is 1. The molecule has 0 radical (unpaired) electrons. The van der Waals surface area contributed by atoms with E-state index in [4.69, 9.17) is 15.2 Å². The Kier molecular flexibility index (Phi) is 11.7. The number of allylic oxidation sites excluding steroid dienone is 1. The van der Waals surface area contributed by atoms with Gasteiger partial charge in [-0.25, -0.2) is 18.1 Å². The van der Waals surface area contributed by atoms with Gasteiger partial charge < -0.3 is 30.4 Å². The number of amides is 1. The van der Waals surface area contributed by atoms with E-state index in [9.17, 15) is 13.2 Å². The van der Waals surface area contributed by atoms with Gasteiger partial charge in [0.1, 0.15) is 17.1 Å². The summed E-state index contributed by atoms with van der Waals surface area (Å²) in [6, 6.07) is 22.4. The smallest absolute Gasteiger partial charge is 0.268 e. The maximum atomic E-state index is 13.9. The Labute approximate surface area is 347 Å². The Morgan fingerprint density at radius 3 is 2.54 bits per heavy atom. The van der Waals surface area contributed by atoms with E-state index in [2.05, 4.69) is 74.8 Å². The number of nitrogens with zero attached hydrogens (tertiary/aromatic N) is 3. The fraction of sp³-hybridized carbons (Fsp3) is 0.391. The molecule has 8 rings (SSSR count). The standard InChI is InChI=1S/C46H55N7O5S/c1-31-4-6-33(7-5-31)40-27-46(2,3)16-12-35(40)30-52-18-20-53(21-19-52)36-8-10-39(43(25-36)58-37-24-34-13-17-48-44(34)50-29-37)45(54)51-59(55,56)38-9-11-42(41(47)26-38)49-28-32-14-22-57-23-15-32/h4-11,13,17,24-26,29,32,49H,12,14-16,18-23,27-28,30,47H2,1-3H3,(H,48,50)(H,51,54). The first-order valence-electron chi connectivity index (χ1n) is 20.7. The summed E-state index contributed by atoms with van der Waals surface area (Å²) in [5.74, 6) is 0.273. The summed E-state index contributed by atoms with van der Waals surface area (Å²) in [5.41, 5.74) is 14.8. The van der Waals surface area contributed by atoms with Crippen LogP contribution in [0.1, 0.15) is 67.4 Å². The third-order valence-electron chi connectivity index (χ3n) is 12.0. The molecular formula is C46H55N7O5S. The van der Waals surface area contributed by atoms with Crippen molar-refractivity contribution in [2.45, 2.75) is 57.8 Å². The second-order valence-corrected chi connectivity index (χ2v) is 18.7. The molecule has 13 heteroatoms. The van der Waals surface area contributed by atoms with Crippen LogP contribution < -0.4 is 25.4 Å². The summed E-state index contributed by atoms with van der Waals surface area (Å²) in [6.45, 7) is 13.4. The highest BCUT2D eigenvalue weighted by atomic mass is 32.2. The van der Waals surface area contributed by atoms with Crippen molar-refractivity contribution in [2.75, 3.05) is 68.4 Å². The Morgan fingerprint density at radius 1 is 1.00 bits per heavy atom. The van der Waals surface area contributed by atoms with Gasteiger partial charge in [0, 0.05) is 75.8 Å². The van der Waals surface area contributed by atoms with Gasteiger partial charge in [-0.15, -0.1) is 0 Å². The number of carbonyl (C=O) groups is 1. The summed E-state index contributed by atoms with van der Waals surface area (Å²) in [5, 5.41) is 4.18. The van der Waals surface area contributed by atoms with Crippen molar-refractivity contribution < 1.29 is 22.7 Å². The molecule has 4 heterocycles. The van der Waals surface area contributed by atoms with E-state index in [1.807, 2.05) is 24.3 Å². The Hall–Kier alpha value is -5.37. The SMILES string of the molecule is Cc1ccc(C2=C(CN3CCN(c4ccc(C(=O)NS(=O)(=O)c5ccc(NCC6CCOCC6)c(N)c5)c(Oc5cnc6[nH]ccc6c5)c4)CC3)CCC(C)(C)C2)cc1. The average Bonchev–Trinajstić information content (AvgIpc) is 3.70. The van der Waals surface area contributed by atoms with Crippen molar-refractivity contribution in [1.82, 2.24) is 19.6 Å². The monoisotopic (exact) mass is 817 g/mol. The number of aromatic nitrogens is 2. The molecule has 1 aliphatic carbocycles. The lowest BCUT2D eigenvalue weighted by Crippen LogP contribution is -2.47. The second-order valence-electron chi connectivity index (χ2n) is 17.0. The lowest BCUT2D eigenvalue weighted by molar-refractivity contribution is 0.0699.